The number of para-hydroxylation sites is 1. The first kappa shape index (κ1) is 19.9. The summed E-state index contributed by atoms with van der Waals surface area (Å²) in [7, 11) is 0. The van der Waals surface area contributed by atoms with E-state index in [4.69, 9.17) is 4.42 Å². The fourth-order valence-electron chi connectivity index (χ4n) is 6.43. The number of nitrogens with zero attached hydrogens (tertiary/aromatic N) is 2. The first-order valence-electron chi connectivity index (χ1n) is 11.8. The van der Waals surface area contributed by atoms with E-state index in [1.165, 1.54) is 0 Å². The molecule has 3 aliphatic carbocycles. The van der Waals surface area contributed by atoms with Gasteiger partial charge >= 0.3 is 0 Å². The zero-order valence-electron chi connectivity index (χ0n) is 18.3. The van der Waals surface area contributed by atoms with Crippen LogP contribution in [-0.2, 0) is 11.3 Å². The van der Waals surface area contributed by atoms with Gasteiger partial charge in [0.1, 0.15) is 11.4 Å². The van der Waals surface area contributed by atoms with Gasteiger partial charge in [0.25, 0.3) is 5.91 Å². The van der Waals surface area contributed by atoms with Gasteiger partial charge in [0.15, 0.2) is 0 Å². The number of fused-ring (bicyclic) bond motifs is 3. The predicted octanol–water partition coefficient (Wildman–Crippen LogP) is 2.91. The highest BCUT2D eigenvalue weighted by molar-refractivity contribution is 6.02. The summed E-state index contributed by atoms with van der Waals surface area (Å²) in [5, 5.41) is 6.96. The van der Waals surface area contributed by atoms with Gasteiger partial charge in [-0.1, -0.05) is 12.1 Å². The van der Waals surface area contributed by atoms with Crippen molar-refractivity contribution in [3.05, 3.63) is 54.0 Å². The number of carbonyl (C=O) groups excluding carboxylic acids is 2. The molecule has 2 aromatic rings. The summed E-state index contributed by atoms with van der Waals surface area (Å²) in [5.41, 5.74) is 1.21. The fraction of sp³-hybridized carbons (Fsp3) is 0.520. The lowest BCUT2D eigenvalue weighted by Gasteiger charge is -2.57. The Kier molecular flexibility index (Phi) is 4.75. The first-order chi connectivity index (χ1) is 15.6. The van der Waals surface area contributed by atoms with Crippen LogP contribution in [0, 0.1) is 17.8 Å². The van der Waals surface area contributed by atoms with E-state index in [9.17, 15) is 9.59 Å². The maximum Gasteiger partial charge on any atom is 0.255 e. The average Bonchev–Trinajstić information content (AvgIpc) is 3.32. The number of hydrogen-bond donors (Lipinski definition) is 2. The van der Waals surface area contributed by atoms with Crippen LogP contribution in [0.1, 0.15) is 41.8 Å². The second kappa shape index (κ2) is 7.66. The van der Waals surface area contributed by atoms with E-state index in [2.05, 4.69) is 20.4 Å². The van der Waals surface area contributed by atoms with Crippen LogP contribution in [0.25, 0.3) is 0 Å². The van der Waals surface area contributed by atoms with Crippen molar-refractivity contribution in [2.24, 2.45) is 17.8 Å². The lowest BCUT2D eigenvalue weighted by Crippen LogP contribution is -2.68. The number of benzene rings is 1. The van der Waals surface area contributed by atoms with E-state index in [1.54, 1.807) is 6.26 Å². The summed E-state index contributed by atoms with van der Waals surface area (Å²) in [6, 6.07) is 11.6. The Morgan fingerprint density at radius 3 is 2.66 bits per heavy atom. The summed E-state index contributed by atoms with van der Waals surface area (Å²) in [6.45, 7) is 4.12. The van der Waals surface area contributed by atoms with E-state index in [0.29, 0.717) is 17.4 Å². The predicted molar refractivity (Wildman–Crippen MR) is 120 cm³/mol. The Labute approximate surface area is 188 Å². The summed E-state index contributed by atoms with van der Waals surface area (Å²) < 4.78 is 5.47. The molecule has 1 saturated heterocycles. The number of rotatable bonds is 3. The fourth-order valence-corrected chi connectivity index (χ4v) is 6.43. The van der Waals surface area contributed by atoms with Gasteiger partial charge in [0, 0.05) is 43.7 Å². The molecule has 7 rings (SSSR count). The summed E-state index contributed by atoms with van der Waals surface area (Å²) in [5.74, 6) is 1.96. The van der Waals surface area contributed by atoms with Crippen LogP contribution in [0.3, 0.4) is 0 Å². The largest absolute Gasteiger partial charge is 0.468 e. The number of nitrogens with one attached hydrogen (secondary N) is 2. The second-order valence-corrected chi connectivity index (χ2v) is 9.86. The van der Waals surface area contributed by atoms with Gasteiger partial charge in [-0.25, -0.2) is 0 Å². The van der Waals surface area contributed by atoms with Crippen molar-refractivity contribution in [1.29, 1.82) is 0 Å². The number of hydrogen-bond acceptors (Lipinski definition) is 5. The third kappa shape index (κ3) is 3.30. The molecule has 2 bridgehead atoms. The molecule has 3 saturated carbocycles. The SMILES string of the molecule is O=C1N[C@@]2(C[C@H]3CC[C@H]2C[C@@H]3C(=O)N2CCN(Cc3ccco3)CC2)Nc2ccccc21. The van der Waals surface area contributed by atoms with Crippen molar-refractivity contribution < 1.29 is 14.0 Å². The van der Waals surface area contributed by atoms with Gasteiger partial charge < -0.3 is 20.0 Å². The summed E-state index contributed by atoms with van der Waals surface area (Å²) in [6.07, 6.45) is 5.52. The molecule has 7 nitrogen and oxygen atoms in total. The van der Waals surface area contributed by atoms with E-state index >= 15 is 0 Å². The Balaban J connectivity index is 1.11. The molecule has 4 atom stereocenters. The maximum absolute atomic E-state index is 13.5. The molecule has 32 heavy (non-hydrogen) atoms. The Morgan fingerprint density at radius 1 is 1.06 bits per heavy atom. The van der Waals surface area contributed by atoms with Gasteiger partial charge in [-0.15, -0.1) is 0 Å². The van der Waals surface area contributed by atoms with Crippen LogP contribution >= 0.6 is 0 Å². The van der Waals surface area contributed by atoms with Crippen molar-refractivity contribution in [2.75, 3.05) is 31.5 Å². The topological polar surface area (TPSA) is 77.8 Å². The Morgan fingerprint density at radius 2 is 1.91 bits per heavy atom. The van der Waals surface area contributed by atoms with Gasteiger partial charge in [0.2, 0.25) is 5.91 Å². The standard InChI is InChI=1S/C25H30N4O3/c30-23-20-5-1-2-6-22(20)26-25(27-23)15-17-7-8-18(25)14-21(17)24(31)29-11-9-28(10-12-29)16-19-4-3-13-32-19/h1-6,13,17-18,21,26H,7-12,14-16H2,(H,27,30)/t17-,18+,21+,25-/m1/s1. The Hall–Kier alpha value is -2.80. The van der Waals surface area contributed by atoms with Crippen LogP contribution in [0.5, 0.6) is 0 Å². The van der Waals surface area contributed by atoms with Crippen molar-refractivity contribution in [3.63, 3.8) is 0 Å². The molecule has 1 aromatic heterocycles. The van der Waals surface area contributed by atoms with E-state index < -0.39 is 5.66 Å². The minimum absolute atomic E-state index is 0.00227. The maximum atomic E-state index is 13.5. The van der Waals surface area contributed by atoms with Crippen LogP contribution in [0.4, 0.5) is 5.69 Å². The van der Waals surface area contributed by atoms with E-state index in [1.807, 2.05) is 36.4 Å². The zero-order chi connectivity index (χ0) is 21.7. The molecule has 0 unspecified atom stereocenters. The van der Waals surface area contributed by atoms with Crippen LogP contribution in [0.15, 0.2) is 47.1 Å². The molecule has 1 spiro atoms. The third-order valence-electron chi connectivity index (χ3n) is 8.10. The molecule has 2 amide bonds. The number of carbonyl (C=O) groups is 2. The van der Waals surface area contributed by atoms with Crippen molar-refractivity contribution >= 4 is 17.5 Å². The molecular formula is C25H30N4O3. The minimum Gasteiger partial charge on any atom is -0.468 e. The summed E-state index contributed by atoms with van der Waals surface area (Å²) in [4.78, 5) is 30.7. The minimum atomic E-state index is -0.410. The molecule has 1 aromatic carbocycles. The molecule has 2 aliphatic heterocycles. The normalized spacial score (nSPS) is 31.8. The van der Waals surface area contributed by atoms with E-state index in [0.717, 1.165) is 69.9 Å². The molecule has 2 N–H and O–H groups in total. The molecule has 168 valence electrons. The highest BCUT2D eigenvalue weighted by Gasteiger charge is 2.55. The number of piperazine rings is 1. The number of furan rings is 1. The smallest absolute Gasteiger partial charge is 0.255 e. The number of anilines is 1. The highest BCUT2D eigenvalue weighted by atomic mass is 16.3. The van der Waals surface area contributed by atoms with Gasteiger partial charge in [-0.05, 0) is 55.9 Å². The molecule has 3 heterocycles. The van der Waals surface area contributed by atoms with Crippen LogP contribution < -0.4 is 10.6 Å². The molecule has 7 heteroatoms. The Bertz CT molecular complexity index is 1010. The lowest BCUT2D eigenvalue weighted by atomic mass is 9.58. The first-order valence-corrected chi connectivity index (χ1v) is 11.8. The third-order valence-corrected chi connectivity index (χ3v) is 8.10. The molecule has 0 radical (unpaired) electrons. The van der Waals surface area contributed by atoms with Crippen molar-refractivity contribution in [2.45, 2.75) is 37.9 Å². The molecular weight excluding hydrogens is 404 g/mol. The van der Waals surface area contributed by atoms with Gasteiger partial charge in [0.05, 0.1) is 18.4 Å². The van der Waals surface area contributed by atoms with Crippen LogP contribution in [0.2, 0.25) is 0 Å². The van der Waals surface area contributed by atoms with Crippen LogP contribution in [-0.4, -0.2) is 53.5 Å². The average molecular weight is 435 g/mol. The zero-order valence-corrected chi connectivity index (χ0v) is 18.3. The second-order valence-electron chi connectivity index (χ2n) is 9.86. The lowest BCUT2D eigenvalue weighted by molar-refractivity contribution is -0.145. The van der Waals surface area contributed by atoms with Gasteiger partial charge in [-0.2, -0.15) is 0 Å². The monoisotopic (exact) mass is 434 g/mol. The van der Waals surface area contributed by atoms with Crippen molar-refractivity contribution in [1.82, 2.24) is 15.1 Å². The van der Waals surface area contributed by atoms with E-state index in [-0.39, 0.29) is 17.7 Å². The quantitative estimate of drug-likeness (QED) is 0.777. The highest BCUT2D eigenvalue weighted by Crippen LogP contribution is 2.52. The molecule has 4 fully saturated rings. The van der Waals surface area contributed by atoms with Crippen molar-refractivity contribution in [3.8, 4) is 0 Å². The van der Waals surface area contributed by atoms with Gasteiger partial charge in [-0.3, -0.25) is 14.5 Å². The summed E-state index contributed by atoms with van der Waals surface area (Å²) >= 11 is 0. The number of amides is 2. The molecule has 5 aliphatic rings.